The third-order valence-corrected chi connectivity index (χ3v) is 3.57. The van der Waals surface area contributed by atoms with Crippen LogP contribution in [-0.4, -0.2) is 22.9 Å². The molecule has 0 amide bonds. The highest BCUT2D eigenvalue weighted by Crippen LogP contribution is 2.33. The molecule has 5 nitrogen and oxygen atoms in total. The Kier molecular flexibility index (Phi) is 4.02. The highest BCUT2D eigenvalue weighted by atomic mass is 16.5. The van der Waals surface area contributed by atoms with Crippen LogP contribution in [0.15, 0.2) is 4.52 Å². The minimum atomic E-state index is -0.497. The first-order valence-corrected chi connectivity index (χ1v) is 6.78. The van der Waals surface area contributed by atoms with Gasteiger partial charge in [-0.2, -0.15) is 4.98 Å². The van der Waals surface area contributed by atoms with Crippen LogP contribution >= 0.6 is 0 Å². The molecule has 1 aliphatic rings. The fraction of sp³-hybridized carbons (Fsp3) is 0.846. The molecule has 1 fully saturated rings. The Morgan fingerprint density at radius 3 is 2.94 bits per heavy atom. The number of nitrogens with two attached hydrogens (primary N) is 1. The van der Waals surface area contributed by atoms with Gasteiger partial charge in [0.05, 0.1) is 11.6 Å². The monoisotopic (exact) mass is 253 g/mol. The molecule has 1 aromatic heterocycles. The average Bonchev–Trinajstić information content (AvgIpc) is 2.79. The summed E-state index contributed by atoms with van der Waals surface area (Å²) in [6.45, 7) is 7.05. The minimum absolute atomic E-state index is 0.178. The lowest BCUT2D eigenvalue weighted by atomic mass is 9.83. The zero-order valence-electron chi connectivity index (χ0n) is 11.5. The van der Waals surface area contributed by atoms with Crippen LogP contribution in [0.3, 0.4) is 0 Å². The summed E-state index contributed by atoms with van der Waals surface area (Å²) in [5.41, 5.74) is 5.96. The second-order valence-corrected chi connectivity index (χ2v) is 5.53. The number of hydrogen-bond donors (Lipinski definition) is 1. The SMILES string of the molecule is CCCc1nc(C2(N)CCOC(C(C)C)C2)no1. The lowest BCUT2D eigenvalue weighted by Gasteiger charge is -2.37. The molecule has 1 aliphatic heterocycles. The van der Waals surface area contributed by atoms with Gasteiger partial charge in [0.15, 0.2) is 5.82 Å². The first-order valence-electron chi connectivity index (χ1n) is 6.78. The van der Waals surface area contributed by atoms with E-state index in [-0.39, 0.29) is 6.10 Å². The largest absolute Gasteiger partial charge is 0.378 e. The van der Waals surface area contributed by atoms with Gasteiger partial charge in [-0.1, -0.05) is 25.9 Å². The highest BCUT2D eigenvalue weighted by molar-refractivity contribution is 5.06. The maximum Gasteiger partial charge on any atom is 0.226 e. The second kappa shape index (κ2) is 5.36. The molecule has 2 atom stereocenters. The normalized spacial score (nSPS) is 28.8. The van der Waals surface area contributed by atoms with Gasteiger partial charge in [0.1, 0.15) is 0 Å². The van der Waals surface area contributed by atoms with Crippen LogP contribution in [0, 0.1) is 5.92 Å². The van der Waals surface area contributed by atoms with Gasteiger partial charge >= 0.3 is 0 Å². The van der Waals surface area contributed by atoms with E-state index in [9.17, 15) is 0 Å². The summed E-state index contributed by atoms with van der Waals surface area (Å²) in [4.78, 5) is 4.43. The van der Waals surface area contributed by atoms with Crippen molar-refractivity contribution in [2.45, 2.75) is 58.1 Å². The fourth-order valence-electron chi connectivity index (χ4n) is 2.32. The average molecular weight is 253 g/mol. The molecule has 0 aliphatic carbocycles. The molecule has 0 aromatic carbocycles. The molecule has 0 bridgehead atoms. The summed E-state index contributed by atoms with van der Waals surface area (Å²) in [6, 6.07) is 0. The minimum Gasteiger partial charge on any atom is -0.378 e. The summed E-state index contributed by atoms with van der Waals surface area (Å²) >= 11 is 0. The number of aromatic nitrogens is 2. The Bertz CT molecular complexity index is 391. The molecular weight excluding hydrogens is 230 g/mol. The molecule has 2 heterocycles. The van der Waals surface area contributed by atoms with Gasteiger partial charge in [-0.15, -0.1) is 0 Å². The first-order chi connectivity index (χ1) is 8.55. The molecule has 2 unspecified atom stereocenters. The van der Waals surface area contributed by atoms with Crippen LogP contribution in [0.1, 0.15) is 51.7 Å². The van der Waals surface area contributed by atoms with Gasteiger partial charge in [0.25, 0.3) is 0 Å². The van der Waals surface area contributed by atoms with Crippen molar-refractivity contribution in [3.05, 3.63) is 11.7 Å². The van der Waals surface area contributed by atoms with Crippen LogP contribution in [-0.2, 0) is 16.7 Å². The van der Waals surface area contributed by atoms with E-state index in [0.717, 1.165) is 25.7 Å². The highest BCUT2D eigenvalue weighted by Gasteiger charge is 2.39. The molecule has 2 N–H and O–H groups in total. The van der Waals surface area contributed by atoms with Crippen LogP contribution in [0.2, 0.25) is 0 Å². The fourth-order valence-corrected chi connectivity index (χ4v) is 2.32. The van der Waals surface area contributed by atoms with Crippen molar-refractivity contribution in [3.8, 4) is 0 Å². The van der Waals surface area contributed by atoms with Crippen molar-refractivity contribution in [2.24, 2.45) is 11.7 Å². The summed E-state index contributed by atoms with van der Waals surface area (Å²) in [5.74, 6) is 1.78. The molecule has 0 radical (unpaired) electrons. The van der Waals surface area contributed by atoms with E-state index in [1.54, 1.807) is 0 Å². The van der Waals surface area contributed by atoms with E-state index in [2.05, 4.69) is 30.9 Å². The molecular formula is C13H23N3O2. The number of ether oxygens (including phenoxy) is 1. The van der Waals surface area contributed by atoms with E-state index < -0.39 is 5.54 Å². The van der Waals surface area contributed by atoms with Crippen molar-refractivity contribution in [2.75, 3.05) is 6.61 Å². The number of hydrogen-bond acceptors (Lipinski definition) is 5. The van der Waals surface area contributed by atoms with E-state index in [1.165, 1.54) is 0 Å². The van der Waals surface area contributed by atoms with Gasteiger partial charge in [-0.3, -0.25) is 0 Å². The first kappa shape index (κ1) is 13.5. The molecule has 1 saturated heterocycles. The summed E-state index contributed by atoms with van der Waals surface area (Å²) in [7, 11) is 0. The van der Waals surface area contributed by atoms with Crippen molar-refractivity contribution in [3.63, 3.8) is 0 Å². The standard InChI is InChI=1S/C13H23N3O2/c1-4-5-11-15-12(16-18-11)13(14)6-7-17-10(8-13)9(2)3/h9-10H,4-8,14H2,1-3H3. The molecule has 2 rings (SSSR count). The second-order valence-electron chi connectivity index (χ2n) is 5.53. The molecule has 102 valence electrons. The Morgan fingerprint density at radius 2 is 2.28 bits per heavy atom. The van der Waals surface area contributed by atoms with Gasteiger partial charge in [0.2, 0.25) is 5.89 Å². The lowest BCUT2D eigenvalue weighted by Crippen LogP contribution is -2.47. The van der Waals surface area contributed by atoms with Crippen molar-refractivity contribution < 1.29 is 9.26 Å². The zero-order chi connectivity index (χ0) is 13.2. The summed E-state index contributed by atoms with van der Waals surface area (Å²) < 4.78 is 11.0. The van der Waals surface area contributed by atoms with Gasteiger partial charge < -0.3 is 15.0 Å². The summed E-state index contributed by atoms with van der Waals surface area (Å²) in [6.07, 6.45) is 3.50. The van der Waals surface area contributed by atoms with Crippen molar-refractivity contribution >= 4 is 0 Å². The Morgan fingerprint density at radius 1 is 1.50 bits per heavy atom. The maximum atomic E-state index is 6.45. The number of nitrogens with zero attached hydrogens (tertiary/aromatic N) is 2. The molecule has 0 spiro atoms. The van der Waals surface area contributed by atoms with Gasteiger partial charge in [-0.25, -0.2) is 0 Å². The van der Waals surface area contributed by atoms with E-state index in [4.69, 9.17) is 15.0 Å². The molecule has 0 saturated carbocycles. The third kappa shape index (κ3) is 2.72. The van der Waals surface area contributed by atoms with E-state index in [0.29, 0.717) is 24.2 Å². The Balaban J connectivity index is 2.13. The number of rotatable bonds is 4. The number of aryl methyl sites for hydroxylation is 1. The predicted molar refractivity (Wildman–Crippen MR) is 68.0 cm³/mol. The van der Waals surface area contributed by atoms with Crippen LogP contribution in [0.5, 0.6) is 0 Å². The van der Waals surface area contributed by atoms with Gasteiger partial charge in [-0.05, 0) is 25.2 Å². The van der Waals surface area contributed by atoms with Gasteiger partial charge in [0, 0.05) is 13.0 Å². The quantitative estimate of drug-likeness (QED) is 0.888. The van der Waals surface area contributed by atoms with E-state index in [1.807, 2.05) is 0 Å². The predicted octanol–water partition coefficient (Wildman–Crippen LogP) is 2.01. The van der Waals surface area contributed by atoms with Crippen LogP contribution in [0.25, 0.3) is 0 Å². The molecule has 18 heavy (non-hydrogen) atoms. The van der Waals surface area contributed by atoms with Crippen molar-refractivity contribution in [1.82, 2.24) is 10.1 Å². The van der Waals surface area contributed by atoms with Crippen LogP contribution < -0.4 is 5.73 Å². The zero-order valence-corrected chi connectivity index (χ0v) is 11.5. The molecule has 5 heteroatoms. The lowest BCUT2D eigenvalue weighted by molar-refractivity contribution is -0.0460. The molecule has 1 aromatic rings. The maximum absolute atomic E-state index is 6.45. The van der Waals surface area contributed by atoms with Crippen molar-refractivity contribution in [1.29, 1.82) is 0 Å². The van der Waals surface area contributed by atoms with E-state index >= 15 is 0 Å². The Labute approximate surface area is 108 Å². The topological polar surface area (TPSA) is 74.2 Å². The smallest absolute Gasteiger partial charge is 0.226 e. The van der Waals surface area contributed by atoms with Crippen LogP contribution in [0.4, 0.5) is 0 Å². The third-order valence-electron chi connectivity index (χ3n) is 3.57. The Hall–Kier alpha value is -0.940. The summed E-state index contributed by atoms with van der Waals surface area (Å²) in [5, 5.41) is 4.06.